The summed E-state index contributed by atoms with van der Waals surface area (Å²) >= 11 is 0. The second-order valence-electron chi connectivity index (χ2n) is 6.69. The van der Waals surface area contributed by atoms with Crippen LogP contribution in [0.25, 0.3) is 0 Å². The smallest absolute Gasteiger partial charge is 0.319 e. The number of hydrogen-bond acceptors (Lipinski definition) is 4. The molecule has 2 aromatic rings. The van der Waals surface area contributed by atoms with Crippen molar-refractivity contribution in [2.24, 2.45) is 0 Å². The number of benzene rings is 2. The zero-order chi connectivity index (χ0) is 20.4. The van der Waals surface area contributed by atoms with E-state index in [-0.39, 0.29) is 5.69 Å². The summed E-state index contributed by atoms with van der Waals surface area (Å²) in [6, 6.07) is 10.5. The van der Waals surface area contributed by atoms with Gasteiger partial charge in [0.1, 0.15) is 0 Å². The average Bonchev–Trinajstić information content (AvgIpc) is 2.61. The predicted octanol–water partition coefficient (Wildman–Crippen LogP) is 3.48. The first-order chi connectivity index (χ1) is 13.3. The van der Waals surface area contributed by atoms with E-state index in [1.54, 1.807) is 13.0 Å². The van der Waals surface area contributed by atoms with Crippen molar-refractivity contribution in [3.63, 3.8) is 0 Å². The van der Waals surface area contributed by atoms with Gasteiger partial charge in [0.2, 0.25) is 0 Å². The molecule has 8 heteroatoms. The number of nitrogens with one attached hydrogen (secondary N) is 3. The Balaban J connectivity index is 1.97. The van der Waals surface area contributed by atoms with Gasteiger partial charge in [-0.1, -0.05) is 29.8 Å². The highest BCUT2D eigenvalue weighted by molar-refractivity contribution is 6.07. The normalized spacial score (nSPS) is 16.2. The van der Waals surface area contributed by atoms with Gasteiger partial charge in [-0.15, -0.1) is 0 Å². The lowest BCUT2D eigenvalue weighted by Gasteiger charge is -2.29. The van der Waals surface area contributed by atoms with Crippen LogP contribution in [0, 0.1) is 24.0 Å². The second-order valence-corrected chi connectivity index (χ2v) is 6.69. The SMILES string of the molecule is CC1=C(C(=O)Nc2cccc([N+](=O)[O-])c2)[C@@H](c2ccc(C)cc2C)NC(=O)N1. The highest BCUT2D eigenvalue weighted by Gasteiger charge is 2.32. The Morgan fingerprint density at radius 2 is 1.89 bits per heavy atom. The summed E-state index contributed by atoms with van der Waals surface area (Å²) in [5.74, 6) is -0.449. The van der Waals surface area contributed by atoms with E-state index in [9.17, 15) is 19.7 Å². The summed E-state index contributed by atoms with van der Waals surface area (Å²) in [6.07, 6.45) is 0. The summed E-state index contributed by atoms with van der Waals surface area (Å²) in [5, 5.41) is 19.1. The van der Waals surface area contributed by atoms with Crippen molar-refractivity contribution in [3.05, 3.63) is 80.5 Å². The van der Waals surface area contributed by atoms with Gasteiger partial charge in [0.25, 0.3) is 11.6 Å². The van der Waals surface area contributed by atoms with E-state index >= 15 is 0 Å². The summed E-state index contributed by atoms with van der Waals surface area (Å²) in [5.41, 5.74) is 3.78. The van der Waals surface area contributed by atoms with Gasteiger partial charge in [-0.3, -0.25) is 14.9 Å². The zero-order valence-corrected chi connectivity index (χ0v) is 15.7. The van der Waals surface area contributed by atoms with Crippen LogP contribution >= 0.6 is 0 Å². The molecule has 0 radical (unpaired) electrons. The van der Waals surface area contributed by atoms with Crippen LogP contribution in [0.1, 0.15) is 29.7 Å². The second kappa shape index (κ2) is 7.51. The molecule has 3 N–H and O–H groups in total. The number of nitrogens with zero attached hydrogens (tertiary/aromatic N) is 1. The van der Waals surface area contributed by atoms with Crippen LogP contribution in [0.4, 0.5) is 16.2 Å². The molecule has 144 valence electrons. The maximum absolute atomic E-state index is 13.0. The number of rotatable bonds is 4. The molecule has 0 saturated heterocycles. The Kier molecular flexibility index (Phi) is 5.12. The van der Waals surface area contributed by atoms with Gasteiger partial charge in [0, 0.05) is 23.5 Å². The lowest BCUT2D eigenvalue weighted by Crippen LogP contribution is -2.46. The summed E-state index contributed by atoms with van der Waals surface area (Å²) in [6.45, 7) is 5.54. The minimum atomic E-state index is -0.631. The van der Waals surface area contributed by atoms with Gasteiger partial charge >= 0.3 is 6.03 Å². The Bertz CT molecular complexity index is 1010. The summed E-state index contributed by atoms with van der Waals surface area (Å²) < 4.78 is 0. The number of amides is 3. The van der Waals surface area contributed by atoms with Crippen LogP contribution in [-0.2, 0) is 4.79 Å². The van der Waals surface area contributed by atoms with Crippen LogP contribution in [0.3, 0.4) is 0 Å². The number of non-ortho nitro benzene ring substituents is 1. The van der Waals surface area contributed by atoms with Crippen molar-refractivity contribution in [2.45, 2.75) is 26.8 Å². The van der Waals surface area contributed by atoms with Crippen LogP contribution in [-0.4, -0.2) is 16.9 Å². The van der Waals surface area contributed by atoms with Crippen molar-refractivity contribution >= 4 is 23.3 Å². The molecule has 1 heterocycles. The summed E-state index contributed by atoms with van der Waals surface area (Å²) in [7, 11) is 0. The first kappa shape index (κ1) is 19.1. The number of allylic oxidation sites excluding steroid dienone is 1. The number of urea groups is 1. The number of anilines is 1. The van der Waals surface area contributed by atoms with Gasteiger partial charge in [0.15, 0.2) is 0 Å². The molecule has 0 bridgehead atoms. The lowest BCUT2D eigenvalue weighted by atomic mass is 9.91. The molecule has 1 atom stereocenters. The molecule has 0 aliphatic carbocycles. The van der Waals surface area contributed by atoms with Crippen molar-refractivity contribution < 1.29 is 14.5 Å². The minimum Gasteiger partial charge on any atom is -0.327 e. The maximum atomic E-state index is 13.0. The molecule has 1 aliphatic rings. The van der Waals surface area contributed by atoms with E-state index in [2.05, 4.69) is 16.0 Å². The molecule has 3 amide bonds. The van der Waals surface area contributed by atoms with Crippen molar-refractivity contribution in [1.29, 1.82) is 0 Å². The molecular formula is C20H20N4O4. The molecule has 0 spiro atoms. The molecule has 0 saturated carbocycles. The highest BCUT2D eigenvalue weighted by atomic mass is 16.6. The van der Waals surface area contributed by atoms with Gasteiger partial charge in [-0.05, 0) is 38.0 Å². The molecule has 3 rings (SSSR count). The number of nitro benzene ring substituents is 1. The Morgan fingerprint density at radius 3 is 2.57 bits per heavy atom. The molecular weight excluding hydrogens is 360 g/mol. The predicted molar refractivity (Wildman–Crippen MR) is 105 cm³/mol. The molecule has 8 nitrogen and oxygen atoms in total. The monoisotopic (exact) mass is 380 g/mol. The third-order valence-corrected chi connectivity index (χ3v) is 4.56. The Hall–Kier alpha value is -3.68. The fourth-order valence-corrected chi connectivity index (χ4v) is 3.27. The van der Waals surface area contributed by atoms with Crippen molar-refractivity contribution in [1.82, 2.24) is 10.6 Å². The van der Waals surface area contributed by atoms with E-state index in [0.29, 0.717) is 17.0 Å². The number of nitro groups is 1. The average molecular weight is 380 g/mol. The van der Waals surface area contributed by atoms with Gasteiger partial charge < -0.3 is 16.0 Å². The van der Waals surface area contributed by atoms with E-state index in [4.69, 9.17) is 0 Å². The van der Waals surface area contributed by atoms with E-state index in [0.717, 1.165) is 16.7 Å². The largest absolute Gasteiger partial charge is 0.327 e. The van der Waals surface area contributed by atoms with Crippen molar-refractivity contribution in [2.75, 3.05) is 5.32 Å². The quantitative estimate of drug-likeness (QED) is 0.556. The Labute approximate surface area is 161 Å². The van der Waals surface area contributed by atoms with E-state index < -0.39 is 22.9 Å². The van der Waals surface area contributed by atoms with Gasteiger partial charge in [0.05, 0.1) is 16.5 Å². The number of hydrogen-bond donors (Lipinski definition) is 3. The van der Waals surface area contributed by atoms with Crippen LogP contribution in [0.5, 0.6) is 0 Å². The van der Waals surface area contributed by atoms with E-state index in [1.807, 2.05) is 32.0 Å². The molecule has 28 heavy (non-hydrogen) atoms. The van der Waals surface area contributed by atoms with Gasteiger partial charge in [-0.25, -0.2) is 4.79 Å². The minimum absolute atomic E-state index is 0.121. The fraction of sp³-hybridized carbons (Fsp3) is 0.200. The molecule has 1 aliphatic heterocycles. The molecule has 0 aromatic heterocycles. The first-order valence-electron chi connectivity index (χ1n) is 8.67. The third-order valence-electron chi connectivity index (χ3n) is 4.56. The van der Waals surface area contributed by atoms with E-state index in [1.165, 1.54) is 18.2 Å². The number of carbonyl (C=O) groups excluding carboxylic acids is 2. The Morgan fingerprint density at radius 1 is 1.14 bits per heavy atom. The fourth-order valence-electron chi connectivity index (χ4n) is 3.27. The first-order valence-corrected chi connectivity index (χ1v) is 8.67. The third kappa shape index (κ3) is 3.85. The summed E-state index contributed by atoms with van der Waals surface area (Å²) in [4.78, 5) is 35.4. The molecule has 0 unspecified atom stereocenters. The van der Waals surface area contributed by atoms with Gasteiger partial charge in [-0.2, -0.15) is 0 Å². The maximum Gasteiger partial charge on any atom is 0.319 e. The topological polar surface area (TPSA) is 113 Å². The van der Waals surface area contributed by atoms with Crippen LogP contribution in [0.15, 0.2) is 53.7 Å². The van der Waals surface area contributed by atoms with Crippen LogP contribution in [0.2, 0.25) is 0 Å². The number of aryl methyl sites for hydroxylation is 2. The van der Waals surface area contributed by atoms with Crippen LogP contribution < -0.4 is 16.0 Å². The highest BCUT2D eigenvalue weighted by Crippen LogP contribution is 2.30. The standard InChI is InChI=1S/C20H20N4O4/c1-11-7-8-16(12(2)9-11)18-17(13(3)21-20(26)23-18)19(25)22-14-5-4-6-15(10-14)24(27)28/h4-10,18H,1-3H3,(H,22,25)(H2,21,23,26)/t18-/m1/s1. The number of carbonyl (C=O) groups is 2. The molecule has 2 aromatic carbocycles. The molecule has 0 fully saturated rings. The van der Waals surface area contributed by atoms with Crippen molar-refractivity contribution in [3.8, 4) is 0 Å². The lowest BCUT2D eigenvalue weighted by molar-refractivity contribution is -0.384. The zero-order valence-electron chi connectivity index (χ0n) is 15.7.